The normalized spacial score (nSPS) is 19.4. The maximum Gasteiger partial charge on any atom is 0.326 e. The number of ether oxygens (including phenoxy) is 1. The number of nitrogens with one attached hydrogen (secondary N) is 2. The molecule has 9 nitrogen and oxygen atoms in total. The van der Waals surface area contributed by atoms with E-state index in [4.69, 9.17) is 16.3 Å². The highest BCUT2D eigenvalue weighted by atomic mass is 35.5. The van der Waals surface area contributed by atoms with Gasteiger partial charge < -0.3 is 15.4 Å². The van der Waals surface area contributed by atoms with Gasteiger partial charge in [-0.1, -0.05) is 11.6 Å². The van der Waals surface area contributed by atoms with Crippen LogP contribution in [0.2, 0.25) is 5.02 Å². The van der Waals surface area contributed by atoms with Crippen LogP contribution in [0.3, 0.4) is 0 Å². The lowest BCUT2D eigenvalue weighted by Crippen LogP contribution is -2.43. The zero-order chi connectivity index (χ0) is 19.3. The van der Waals surface area contributed by atoms with Crippen molar-refractivity contribution in [3.63, 3.8) is 0 Å². The number of rotatable bonds is 6. The number of carbonyl (C=O) groups excluding carboxylic acids is 3. The lowest BCUT2D eigenvalue weighted by atomic mass is 10.2. The van der Waals surface area contributed by atoms with E-state index in [0.29, 0.717) is 11.4 Å². The number of pyridine rings is 1. The van der Waals surface area contributed by atoms with Crippen LogP contribution >= 0.6 is 11.6 Å². The summed E-state index contributed by atoms with van der Waals surface area (Å²) >= 11 is 5.75. The van der Waals surface area contributed by atoms with Crippen LogP contribution in [-0.2, 0) is 24.2 Å². The van der Waals surface area contributed by atoms with E-state index in [9.17, 15) is 22.8 Å². The average Bonchev–Trinajstić information content (AvgIpc) is 2.91. The van der Waals surface area contributed by atoms with Gasteiger partial charge in [0.25, 0.3) is 11.8 Å². The fourth-order valence-corrected chi connectivity index (χ4v) is 4.12. The van der Waals surface area contributed by atoms with Crippen LogP contribution in [0.15, 0.2) is 18.3 Å². The van der Waals surface area contributed by atoms with Crippen molar-refractivity contribution in [2.45, 2.75) is 25.5 Å². The Hall–Kier alpha value is -2.20. The Kier molecular flexibility index (Phi) is 6.54. The van der Waals surface area contributed by atoms with Crippen molar-refractivity contribution in [3.05, 3.63) is 29.0 Å². The number of sulfone groups is 1. The first kappa shape index (κ1) is 20.1. The highest BCUT2D eigenvalue weighted by Gasteiger charge is 2.30. The first-order valence-electron chi connectivity index (χ1n) is 7.76. The Morgan fingerprint density at radius 3 is 2.77 bits per heavy atom. The van der Waals surface area contributed by atoms with Gasteiger partial charge in [0, 0.05) is 17.3 Å². The summed E-state index contributed by atoms with van der Waals surface area (Å²) in [5.41, 5.74) is 0.0403. The summed E-state index contributed by atoms with van der Waals surface area (Å²) in [5, 5.41) is 5.16. The summed E-state index contributed by atoms with van der Waals surface area (Å²) in [5.74, 6) is -2.12. The van der Waals surface area contributed by atoms with E-state index in [0.717, 1.165) is 0 Å². The molecular formula is C15H18ClN3O6S. The molecule has 2 N–H and O–H groups in total. The van der Waals surface area contributed by atoms with Gasteiger partial charge in [-0.2, -0.15) is 0 Å². The molecule has 1 aromatic rings. The number of hydrogen-bond donors (Lipinski definition) is 2. The highest BCUT2D eigenvalue weighted by molar-refractivity contribution is 7.91. The molecule has 0 aromatic carbocycles. The minimum absolute atomic E-state index is 0.0235. The second kappa shape index (κ2) is 8.45. The Bertz CT molecular complexity index is 813. The molecule has 0 spiro atoms. The molecule has 0 aliphatic carbocycles. The fourth-order valence-electron chi connectivity index (χ4n) is 2.29. The van der Waals surface area contributed by atoms with Crippen molar-refractivity contribution in [2.75, 3.05) is 18.1 Å². The Labute approximate surface area is 155 Å². The Morgan fingerprint density at radius 1 is 1.42 bits per heavy atom. The third kappa shape index (κ3) is 5.95. The summed E-state index contributed by atoms with van der Waals surface area (Å²) in [4.78, 5) is 39.3. The average molecular weight is 404 g/mol. The van der Waals surface area contributed by atoms with E-state index in [2.05, 4.69) is 15.6 Å². The van der Waals surface area contributed by atoms with E-state index in [1.165, 1.54) is 25.3 Å². The molecule has 1 saturated heterocycles. The molecule has 1 aliphatic rings. The van der Waals surface area contributed by atoms with Crippen molar-refractivity contribution in [3.8, 4) is 0 Å². The van der Waals surface area contributed by atoms with Gasteiger partial charge in [-0.15, -0.1) is 0 Å². The fraction of sp³-hybridized carbons (Fsp3) is 0.467. The molecule has 1 aromatic heterocycles. The quantitative estimate of drug-likeness (QED) is 0.623. The first-order chi connectivity index (χ1) is 12.2. The number of aromatic nitrogens is 1. The molecule has 0 bridgehead atoms. The minimum atomic E-state index is -3.12. The van der Waals surface area contributed by atoms with Gasteiger partial charge in [-0.05, 0) is 25.5 Å². The van der Waals surface area contributed by atoms with Gasteiger partial charge in [-0.3, -0.25) is 19.4 Å². The summed E-state index contributed by atoms with van der Waals surface area (Å²) in [7, 11) is -3.12. The molecule has 26 heavy (non-hydrogen) atoms. The second-order valence-corrected chi connectivity index (χ2v) is 8.45. The van der Waals surface area contributed by atoms with Crippen molar-refractivity contribution in [2.24, 2.45) is 0 Å². The SMILES string of the molecule is C[C@@H](OC(=O)CNC(=O)c1cc(Cl)ccn1)C(=O)N[C@@H]1CCS(=O)(=O)C1. The Morgan fingerprint density at radius 2 is 2.15 bits per heavy atom. The zero-order valence-corrected chi connectivity index (χ0v) is 15.5. The van der Waals surface area contributed by atoms with Crippen molar-refractivity contribution in [1.29, 1.82) is 0 Å². The summed E-state index contributed by atoms with van der Waals surface area (Å²) in [6.45, 7) is 0.902. The number of carbonyl (C=O) groups is 3. The number of hydrogen-bond acceptors (Lipinski definition) is 7. The lowest BCUT2D eigenvalue weighted by Gasteiger charge is -2.16. The van der Waals surface area contributed by atoms with E-state index >= 15 is 0 Å². The van der Waals surface area contributed by atoms with Crippen LogP contribution in [0.25, 0.3) is 0 Å². The predicted octanol–water partition coefficient (Wildman–Crippen LogP) is -0.300. The molecule has 1 fully saturated rings. The van der Waals surface area contributed by atoms with Crippen molar-refractivity contribution < 1.29 is 27.5 Å². The molecule has 2 amide bonds. The smallest absolute Gasteiger partial charge is 0.326 e. The lowest BCUT2D eigenvalue weighted by molar-refractivity contribution is -0.154. The van der Waals surface area contributed by atoms with Crippen LogP contribution in [0.1, 0.15) is 23.8 Å². The van der Waals surface area contributed by atoms with E-state index in [-0.39, 0.29) is 17.2 Å². The van der Waals surface area contributed by atoms with Crippen molar-refractivity contribution >= 4 is 39.2 Å². The molecule has 2 heterocycles. The third-order valence-corrected chi connectivity index (χ3v) is 5.61. The molecule has 0 unspecified atom stereocenters. The molecule has 0 saturated carbocycles. The molecule has 142 valence electrons. The first-order valence-corrected chi connectivity index (χ1v) is 9.96. The van der Waals surface area contributed by atoms with Crippen LogP contribution < -0.4 is 10.6 Å². The molecule has 0 radical (unpaired) electrons. The predicted molar refractivity (Wildman–Crippen MR) is 92.3 cm³/mol. The number of nitrogens with zero attached hydrogens (tertiary/aromatic N) is 1. The van der Waals surface area contributed by atoms with Crippen molar-refractivity contribution in [1.82, 2.24) is 15.6 Å². The topological polar surface area (TPSA) is 132 Å². The maximum absolute atomic E-state index is 11.9. The summed E-state index contributed by atoms with van der Waals surface area (Å²) < 4.78 is 27.7. The van der Waals surface area contributed by atoms with E-state index < -0.39 is 46.3 Å². The molecule has 2 atom stereocenters. The molecule has 11 heteroatoms. The number of esters is 1. The second-order valence-electron chi connectivity index (χ2n) is 5.78. The minimum Gasteiger partial charge on any atom is -0.451 e. The standard InChI is InChI=1S/C15H18ClN3O6S/c1-9(14(21)19-11-3-5-26(23,24)8-11)25-13(20)7-18-15(22)12-6-10(16)2-4-17-12/h2,4,6,9,11H,3,5,7-8H2,1H3,(H,18,22)(H,19,21)/t9-,11-/m1/s1. The summed E-state index contributed by atoms with van der Waals surface area (Å²) in [6, 6.07) is 2.36. The van der Waals surface area contributed by atoms with E-state index in [1.54, 1.807) is 0 Å². The van der Waals surface area contributed by atoms with Crippen LogP contribution in [0, 0.1) is 0 Å². The van der Waals surface area contributed by atoms with Crippen LogP contribution in [0.5, 0.6) is 0 Å². The maximum atomic E-state index is 11.9. The van der Waals surface area contributed by atoms with Gasteiger partial charge >= 0.3 is 5.97 Å². The highest BCUT2D eigenvalue weighted by Crippen LogP contribution is 2.11. The molecule has 1 aliphatic heterocycles. The van der Waals surface area contributed by atoms with Gasteiger partial charge in [0.15, 0.2) is 15.9 Å². The molecular weight excluding hydrogens is 386 g/mol. The zero-order valence-electron chi connectivity index (χ0n) is 13.9. The van der Waals surface area contributed by atoms with Gasteiger partial charge in [0.1, 0.15) is 12.2 Å². The van der Waals surface area contributed by atoms with Gasteiger partial charge in [0.2, 0.25) is 0 Å². The number of amides is 2. The van der Waals surface area contributed by atoms with Crippen LogP contribution in [-0.4, -0.2) is 61.4 Å². The monoisotopic (exact) mass is 403 g/mol. The largest absolute Gasteiger partial charge is 0.451 e. The third-order valence-electron chi connectivity index (χ3n) is 3.60. The van der Waals surface area contributed by atoms with Gasteiger partial charge in [0.05, 0.1) is 11.5 Å². The van der Waals surface area contributed by atoms with Crippen LogP contribution in [0.4, 0.5) is 0 Å². The Balaban J connectivity index is 1.76. The number of halogens is 1. The summed E-state index contributed by atoms with van der Waals surface area (Å²) in [6.07, 6.45) is 0.565. The molecule has 2 rings (SSSR count). The van der Waals surface area contributed by atoms with Gasteiger partial charge in [-0.25, -0.2) is 8.42 Å². The van der Waals surface area contributed by atoms with E-state index in [1.807, 2.05) is 0 Å².